The molecule has 4 rings (SSSR count). The van der Waals surface area contributed by atoms with Gasteiger partial charge in [-0.1, -0.05) is 29.8 Å². The summed E-state index contributed by atoms with van der Waals surface area (Å²) >= 11 is 6.08. The summed E-state index contributed by atoms with van der Waals surface area (Å²) in [7, 11) is 2.03. The number of likely N-dealkylation sites (N-methyl/N-ethyl adjacent to an activating group) is 1. The second kappa shape index (κ2) is 10.7. The van der Waals surface area contributed by atoms with Crippen LogP contribution in [-0.2, 0) is 9.53 Å². The number of morpholine rings is 1. The Morgan fingerprint density at radius 1 is 1.06 bits per heavy atom. The molecule has 1 atom stereocenters. The Hall–Kier alpha value is -2.68. The standard InChI is InChI=1S/C25H29ClFN3O4/c1-28-9-11-29(12-10-28)23(31)16-25(18-33-20-6-4-5-19(26)15-20)17-30(13-14-34-25)24(32)21-7-2-3-8-22(21)27/h2-8,15H,9-14,16-18H2,1H3. The normalized spacial score (nSPS) is 21.4. The van der Waals surface area contributed by atoms with Crippen molar-refractivity contribution in [3.8, 4) is 5.75 Å². The number of rotatable bonds is 6. The van der Waals surface area contributed by atoms with E-state index in [0.717, 1.165) is 13.1 Å². The number of ether oxygens (including phenoxy) is 2. The molecule has 2 aromatic carbocycles. The van der Waals surface area contributed by atoms with Gasteiger partial charge in [0.25, 0.3) is 5.91 Å². The molecular formula is C25H29ClFN3O4. The highest BCUT2D eigenvalue weighted by Gasteiger charge is 2.43. The number of carbonyl (C=O) groups is 2. The van der Waals surface area contributed by atoms with Crippen molar-refractivity contribution in [3.63, 3.8) is 0 Å². The second-order valence-corrected chi connectivity index (χ2v) is 9.28. The lowest BCUT2D eigenvalue weighted by atomic mass is 9.96. The van der Waals surface area contributed by atoms with Gasteiger partial charge in [-0.05, 0) is 37.4 Å². The zero-order chi connectivity index (χ0) is 24.1. The van der Waals surface area contributed by atoms with Crippen molar-refractivity contribution < 1.29 is 23.5 Å². The molecule has 1 unspecified atom stereocenters. The van der Waals surface area contributed by atoms with Gasteiger partial charge in [0.1, 0.15) is 23.8 Å². The fraction of sp³-hybridized carbons (Fsp3) is 0.440. The third kappa shape index (κ3) is 5.87. The average molecular weight is 490 g/mol. The molecule has 0 bridgehead atoms. The fourth-order valence-corrected chi connectivity index (χ4v) is 4.46. The van der Waals surface area contributed by atoms with Crippen LogP contribution < -0.4 is 4.74 Å². The predicted octanol–water partition coefficient (Wildman–Crippen LogP) is 2.93. The van der Waals surface area contributed by atoms with E-state index in [1.165, 1.54) is 12.1 Å². The summed E-state index contributed by atoms with van der Waals surface area (Å²) in [6.45, 7) is 3.56. The van der Waals surface area contributed by atoms with Crippen LogP contribution in [0, 0.1) is 5.82 Å². The highest BCUT2D eigenvalue weighted by molar-refractivity contribution is 6.30. The number of nitrogens with zero attached hydrogens (tertiary/aromatic N) is 3. The van der Waals surface area contributed by atoms with E-state index in [4.69, 9.17) is 21.1 Å². The number of piperazine rings is 1. The van der Waals surface area contributed by atoms with Crippen molar-refractivity contribution in [1.82, 2.24) is 14.7 Å². The lowest BCUT2D eigenvalue weighted by Crippen LogP contribution is -2.59. The van der Waals surface area contributed by atoms with E-state index in [2.05, 4.69) is 4.90 Å². The van der Waals surface area contributed by atoms with E-state index < -0.39 is 17.3 Å². The van der Waals surface area contributed by atoms with Crippen molar-refractivity contribution in [2.45, 2.75) is 12.0 Å². The van der Waals surface area contributed by atoms with Crippen LogP contribution in [0.5, 0.6) is 5.75 Å². The predicted molar refractivity (Wildman–Crippen MR) is 127 cm³/mol. The molecule has 2 saturated heterocycles. The zero-order valence-electron chi connectivity index (χ0n) is 19.2. The van der Waals surface area contributed by atoms with Gasteiger partial charge in [-0.25, -0.2) is 4.39 Å². The summed E-state index contributed by atoms with van der Waals surface area (Å²) in [4.78, 5) is 31.9. The van der Waals surface area contributed by atoms with Crippen LogP contribution in [0.15, 0.2) is 48.5 Å². The largest absolute Gasteiger partial charge is 0.490 e. The number of hydrogen-bond donors (Lipinski definition) is 0. The smallest absolute Gasteiger partial charge is 0.257 e. The van der Waals surface area contributed by atoms with Gasteiger partial charge >= 0.3 is 0 Å². The highest BCUT2D eigenvalue weighted by atomic mass is 35.5. The Morgan fingerprint density at radius 3 is 2.56 bits per heavy atom. The summed E-state index contributed by atoms with van der Waals surface area (Å²) in [6.07, 6.45) is 0.0539. The maximum absolute atomic E-state index is 14.3. The summed E-state index contributed by atoms with van der Waals surface area (Å²) in [6, 6.07) is 12.9. The quantitative estimate of drug-likeness (QED) is 0.624. The Morgan fingerprint density at radius 2 is 1.82 bits per heavy atom. The zero-order valence-corrected chi connectivity index (χ0v) is 20.0. The fourth-order valence-electron chi connectivity index (χ4n) is 4.28. The Labute approximate surface area is 204 Å². The molecule has 0 spiro atoms. The molecule has 0 aliphatic carbocycles. The van der Waals surface area contributed by atoms with Crippen molar-refractivity contribution in [3.05, 3.63) is 64.9 Å². The molecule has 182 valence electrons. The first kappa shape index (κ1) is 24.4. The Balaban J connectivity index is 1.54. The summed E-state index contributed by atoms with van der Waals surface area (Å²) in [5, 5.41) is 0.529. The lowest BCUT2D eigenvalue weighted by molar-refractivity contribution is -0.154. The van der Waals surface area contributed by atoms with Gasteiger partial charge < -0.3 is 24.2 Å². The molecule has 7 nitrogen and oxygen atoms in total. The van der Waals surface area contributed by atoms with Crippen LogP contribution in [-0.4, -0.2) is 91.6 Å². The lowest BCUT2D eigenvalue weighted by Gasteiger charge is -2.43. The van der Waals surface area contributed by atoms with Crippen LogP contribution in [0.2, 0.25) is 5.02 Å². The van der Waals surface area contributed by atoms with E-state index in [1.807, 2.05) is 11.9 Å². The van der Waals surface area contributed by atoms with E-state index in [-0.39, 0.29) is 37.6 Å². The van der Waals surface area contributed by atoms with E-state index in [0.29, 0.717) is 30.4 Å². The summed E-state index contributed by atoms with van der Waals surface area (Å²) in [5.41, 5.74) is -1.07. The molecule has 0 saturated carbocycles. The second-order valence-electron chi connectivity index (χ2n) is 8.84. The molecule has 2 heterocycles. The average Bonchev–Trinajstić information content (AvgIpc) is 2.83. The topological polar surface area (TPSA) is 62.3 Å². The van der Waals surface area contributed by atoms with Gasteiger partial charge in [-0.2, -0.15) is 0 Å². The number of carbonyl (C=O) groups excluding carboxylic acids is 2. The number of benzene rings is 2. The minimum atomic E-state index is -1.07. The van der Waals surface area contributed by atoms with E-state index >= 15 is 0 Å². The van der Waals surface area contributed by atoms with Crippen molar-refractivity contribution in [2.24, 2.45) is 0 Å². The monoisotopic (exact) mass is 489 g/mol. The molecule has 0 aromatic heterocycles. The molecule has 9 heteroatoms. The number of halogens is 2. The van der Waals surface area contributed by atoms with Gasteiger partial charge in [-0.15, -0.1) is 0 Å². The third-order valence-corrected chi connectivity index (χ3v) is 6.50. The van der Waals surface area contributed by atoms with E-state index in [1.54, 1.807) is 41.3 Å². The van der Waals surface area contributed by atoms with Gasteiger partial charge in [0.2, 0.25) is 5.91 Å². The van der Waals surface area contributed by atoms with Crippen LogP contribution in [0.1, 0.15) is 16.8 Å². The van der Waals surface area contributed by atoms with Crippen LogP contribution >= 0.6 is 11.6 Å². The molecule has 2 aromatic rings. The maximum Gasteiger partial charge on any atom is 0.257 e. The van der Waals surface area contributed by atoms with Gasteiger partial charge in [-0.3, -0.25) is 9.59 Å². The van der Waals surface area contributed by atoms with E-state index in [9.17, 15) is 14.0 Å². The summed E-state index contributed by atoms with van der Waals surface area (Å²) in [5.74, 6) is -0.517. The molecule has 2 aliphatic rings. The van der Waals surface area contributed by atoms with Crippen LogP contribution in [0.3, 0.4) is 0 Å². The SMILES string of the molecule is CN1CCN(C(=O)CC2(COc3cccc(Cl)c3)CN(C(=O)c3ccccc3F)CCO2)CC1. The molecule has 0 radical (unpaired) electrons. The van der Waals surface area contributed by atoms with Crippen molar-refractivity contribution >= 4 is 23.4 Å². The minimum Gasteiger partial charge on any atom is -0.490 e. The first-order chi connectivity index (χ1) is 16.3. The third-order valence-electron chi connectivity index (χ3n) is 6.27. The molecule has 2 amide bonds. The van der Waals surface area contributed by atoms with Crippen molar-refractivity contribution in [1.29, 1.82) is 0 Å². The van der Waals surface area contributed by atoms with Gasteiger partial charge in [0.05, 0.1) is 25.1 Å². The molecule has 34 heavy (non-hydrogen) atoms. The maximum atomic E-state index is 14.3. The molecule has 2 fully saturated rings. The minimum absolute atomic E-state index is 0.000506. The summed E-state index contributed by atoms with van der Waals surface area (Å²) < 4.78 is 26.4. The molecule has 0 N–H and O–H groups in total. The Kier molecular flexibility index (Phi) is 7.70. The Bertz CT molecular complexity index is 1030. The van der Waals surface area contributed by atoms with Gasteiger partial charge in [0, 0.05) is 37.7 Å². The molecular weight excluding hydrogens is 461 g/mol. The van der Waals surface area contributed by atoms with Crippen LogP contribution in [0.4, 0.5) is 4.39 Å². The van der Waals surface area contributed by atoms with Gasteiger partial charge in [0.15, 0.2) is 0 Å². The molecule has 2 aliphatic heterocycles. The van der Waals surface area contributed by atoms with Crippen molar-refractivity contribution in [2.75, 3.05) is 59.5 Å². The number of hydrogen-bond acceptors (Lipinski definition) is 5. The number of amides is 2. The first-order valence-corrected chi connectivity index (χ1v) is 11.8. The first-order valence-electron chi connectivity index (χ1n) is 11.4. The highest BCUT2D eigenvalue weighted by Crippen LogP contribution is 2.28. The van der Waals surface area contributed by atoms with Crippen LogP contribution in [0.25, 0.3) is 0 Å².